The summed E-state index contributed by atoms with van der Waals surface area (Å²) in [6.07, 6.45) is 38.3. The van der Waals surface area contributed by atoms with E-state index in [2.05, 4.69) is 77.2 Å². The van der Waals surface area contributed by atoms with Gasteiger partial charge in [0.1, 0.15) is 6.61 Å². The van der Waals surface area contributed by atoms with Crippen LogP contribution in [0.4, 0.5) is 0 Å². The van der Waals surface area contributed by atoms with Gasteiger partial charge in [0.15, 0.2) is 0 Å². The summed E-state index contributed by atoms with van der Waals surface area (Å²) in [6, 6.07) is 0. The molecule has 0 aromatic heterocycles. The molecule has 1 aliphatic rings. The van der Waals surface area contributed by atoms with Gasteiger partial charge in [0, 0.05) is 6.42 Å². The third-order valence-corrected chi connectivity index (χ3v) is 8.07. The Morgan fingerprint density at radius 2 is 1.48 bits per heavy atom. The molecule has 0 saturated heterocycles. The Morgan fingerprint density at radius 1 is 0.850 bits per heavy atom. The average molecular weight is 551 g/mol. The normalized spacial score (nSPS) is 16.6. The van der Waals surface area contributed by atoms with E-state index in [4.69, 9.17) is 4.74 Å². The predicted octanol–water partition coefficient (Wildman–Crippen LogP) is 12.1. The molecule has 0 N–H and O–H groups in total. The zero-order chi connectivity index (χ0) is 29.5. The average Bonchev–Trinajstić information content (AvgIpc) is 2.90. The van der Waals surface area contributed by atoms with Crippen LogP contribution in [0.15, 0.2) is 70.9 Å². The van der Waals surface area contributed by atoms with Crippen molar-refractivity contribution in [1.82, 2.24) is 0 Å². The molecule has 0 unspecified atom stereocenters. The minimum Gasteiger partial charge on any atom is -0.461 e. The minimum atomic E-state index is -0.0817. The van der Waals surface area contributed by atoms with Crippen LogP contribution < -0.4 is 0 Å². The highest BCUT2D eigenvalue weighted by Crippen LogP contribution is 2.40. The maximum atomic E-state index is 12.0. The first kappa shape index (κ1) is 35.9. The molecular weight excluding hydrogens is 488 g/mol. The molecule has 0 fully saturated rings. The van der Waals surface area contributed by atoms with Gasteiger partial charge in [0.2, 0.25) is 0 Å². The number of allylic oxidation sites excluding steroid dienone is 11. The largest absolute Gasteiger partial charge is 0.461 e. The Balaban J connectivity index is 2.11. The van der Waals surface area contributed by atoms with Gasteiger partial charge in [0.05, 0.1) is 0 Å². The first-order valence-corrected chi connectivity index (χ1v) is 16.5. The fourth-order valence-corrected chi connectivity index (χ4v) is 5.38. The molecule has 0 radical (unpaired) electrons. The molecule has 0 amide bonds. The van der Waals surface area contributed by atoms with Crippen molar-refractivity contribution in [2.24, 2.45) is 5.41 Å². The summed E-state index contributed by atoms with van der Waals surface area (Å²) in [7, 11) is 0. The number of rotatable bonds is 21. The topological polar surface area (TPSA) is 26.3 Å². The number of ether oxygens (including phenoxy) is 1. The minimum absolute atomic E-state index is 0.0817. The second kappa shape index (κ2) is 22.6. The predicted molar refractivity (Wildman–Crippen MR) is 177 cm³/mol. The summed E-state index contributed by atoms with van der Waals surface area (Å²) in [6.45, 7) is 13.8. The van der Waals surface area contributed by atoms with Gasteiger partial charge in [0.25, 0.3) is 0 Å². The molecule has 0 aliphatic heterocycles. The number of hydrogen-bond donors (Lipinski definition) is 0. The van der Waals surface area contributed by atoms with E-state index in [9.17, 15) is 4.79 Å². The second-order valence-corrected chi connectivity index (χ2v) is 12.5. The van der Waals surface area contributed by atoms with E-state index in [1.807, 2.05) is 13.0 Å². The van der Waals surface area contributed by atoms with Crippen LogP contribution in [-0.4, -0.2) is 12.6 Å². The summed E-state index contributed by atoms with van der Waals surface area (Å²) in [5, 5.41) is 0. The third-order valence-electron chi connectivity index (χ3n) is 8.07. The molecule has 0 aromatic carbocycles. The Labute approximate surface area is 248 Å². The van der Waals surface area contributed by atoms with Crippen molar-refractivity contribution in [2.45, 2.75) is 151 Å². The molecule has 0 heterocycles. The van der Waals surface area contributed by atoms with Crippen molar-refractivity contribution in [3.8, 4) is 0 Å². The van der Waals surface area contributed by atoms with E-state index in [1.54, 1.807) is 0 Å². The molecule has 2 nitrogen and oxygen atoms in total. The van der Waals surface area contributed by atoms with Crippen LogP contribution in [0.1, 0.15) is 151 Å². The summed E-state index contributed by atoms with van der Waals surface area (Å²) >= 11 is 0. The molecule has 226 valence electrons. The van der Waals surface area contributed by atoms with E-state index in [0.29, 0.717) is 13.0 Å². The van der Waals surface area contributed by atoms with Crippen LogP contribution in [0.2, 0.25) is 0 Å². The third kappa shape index (κ3) is 18.3. The molecule has 2 heteroatoms. The first-order valence-electron chi connectivity index (χ1n) is 16.5. The quantitative estimate of drug-likeness (QED) is 0.0615. The standard InChI is InChI=1S/C38H62O2/c1-7-8-9-10-11-12-13-14-15-16-17-18-19-20-21-27-37(39)40-32-30-34(3)25-22-24-33(2)28-29-36-35(4)26-23-31-38(36,5)6/h14-15,22,24-25,28-30H,7-13,16-21,23,26-27,31-32H2,1-6H3/b15-14+,25-22+,29-28+,33-24-,34-30+. The van der Waals surface area contributed by atoms with Gasteiger partial charge in [-0.05, 0) is 89.2 Å². The fraction of sp³-hybridized carbons (Fsp3) is 0.658. The summed E-state index contributed by atoms with van der Waals surface area (Å²) in [5.74, 6) is -0.0817. The summed E-state index contributed by atoms with van der Waals surface area (Å²) in [4.78, 5) is 12.0. The fourth-order valence-electron chi connectivity index (χ4n) is 5.38. The van der Waals surface area contributed by atoms with Crippen molar-refractivity contribution in [2.75, 3.05) is 6.61 Å². The molecule has 0 atom stereocenters. The number of hydrogen-bond acceptors (Lipinski definition) is 2. The van der Waals surface area contributed by atoms with Gasteiger partial charge in [-0.15, -0.1) is 0 Å². The van der Waals surface area contributed by atoms with Gasteiger partial charge < -0.3 is 4.74 Å². The van der Waals surface area contributed by atoms with E-state index >= 15 is 0 Å². The highest BCUT2D eigenvalue weighted by molar-refractivity contribution is 5.69. The maximum absolute atomic E-state index is 12.0. The molecule has 0 aromatic rings. The van der Waals surface area contributed by atoms with Crippen molar-refractivity contribution >= 4 is 5.97 Å². The van der Waals surface area contributed by atoms with Crippen molar-refractivity contribution in [1.29, 1.82) is 0 Å². The van der Waals surface area contributed by atoms with E-state index < -0.39 is 0 Å². The monoisotopic (exact) mass is 550 g/mol. The Kier molecular flexibility index (Phi) is 20.3. The highest BCUT2D eigenvalue weighted by atomic mass is 16.5. The number of unbranched alkanes of at least 4 members (excludes halogenated alkanes) is 11. The Hall–Kier alpha value is -2.09. The summed E-state index contributed by atoms with van der Waals surface area (Å²) in [5.41, 5.74) is 5.64. The lowest BCUT2D eigenvalue weighted by Gasteiger charge is -2.32. The number of esters is 1. The Bertz CT molecular complexity index is 875. The van der Waals surface area contributed by atoms with Crippen LogP contribution in [0.25, 0.3) is 0 Å². The van der Waals surface area contributed by atoms with Gasteiger partial charge in [-0.1, -0.05) is 131 Å². The van der Waals surface area contributed by atoms with Crippen LogP contribution in [-0.2, 0) is 9.53 Å². The SMILES string of the molecule is CCCCCCCC/C=C/CCCCCCCC(=O)OC/C=C(C)/C=C/C=C(C)\C=C\C1=C(C)CCCC1(C)C. The smallest absolute Gasteiger partial charge is 0.306 e. The van der Waals surface area contributed by atoms with E-state index in [-0.39, 0.29) is 11.4 Å². The molecular formula is C38H62O2. The van der Waals surface area contributed by atoms with Crippen LogP contribution in [0.5, 0.6) is 0 Å². The Morgan fingerprint density at radius 3 is 2.12 bits per heavy atom. The summed E-state index contributed by atoms with van der Waals surface area (Å²) < 4.78 is 5.40. The van der Waals surface area contributed by atoms with E-state index in [1.165, 1.54) is 107 Å². The van der Waals surface area contributed by atoms with Crippen molar-refractivity contribution in [3.63, 3.8) is 0 Å². The zero-order valence-electron chi connectivity index (χ0n) is 27.2. The van der Waals surface area contributed by atoms with Crippen molar-refractivity contribution < 1.29 is 9.53 Å². The molecule has 40 heavy (non-hydrogen) atoms. The maximum Gasteiger partial charge on any atom is 0.306 e. The molecule has 0 saturated carbocycles. The van der Waals surface area contributed by atoms with Gasteiger partial charge >= 0.3 is 5.97 Å². The zero-order valence-corrected chi connectivity index (χ0v) is 27.2. The molecule has 1 aliphatic carbocycles. The van der Waals surface area contributed by atoms with Crippen LogP contribution in [0.3, 0.4) is 0 Å². The van der Waals surface area contributed by atoms with E-state index in [0.717, 1.165) is 18.4 Å². The van der Waals surface area contributed by atoms with Crippen LogP contribution in [0, 0.1) is 5.41 Å². The second-order valence-electron chi connectivity index (χ2n) is 12.5. The first-order chi connectivity index (χ1) is 19.3. The van der Waals surface area contributed by atoms with Gasteiger partial charge in [-0.25, -0.2) is 0 Å². The van der Waals surface area contributed by atoms with Gasteiger partial charge in [-0.3, -0.25) is 4.79 Å². The number of carbonyl (C=O) groups is 1. The number of carbonyl (C=O) groups excluding carboxylic acids is 1. The lowest BCUT2D eigenvalue weighted by molar-refractivity contribution is -0.142. The van der Waals surface area contributed by atoms with Gasteiger partial charge in [-0.2, -0.15) is 0 Å². The molecule has 1 rings (SSSR count). The molecule has 0 spiro atoms. The van der Waals surface area contributed by atoms with Crippen LogP contribution >= 0.6 is 0 Å². The molecule has 0 bridgehead atoms. The lowest BCUT2D eigenvalue weighted by Crippen LogP contribution is -2.19. The van der Waals surface area contributed by atoms with Crippen molar-refractivity contribution in [3.05, 3.63) is 70.9 Å². The highest BCUT2D eigenvalue weighted by Gasteiger charge is 2.26. The lowest BCUT2D eigenvalue weighted by atomic mass is 9.72.